The Morgan fingerprint density at radius 1 is 1.23 bits per heavy atom. The summed E-state index contributed by atoms with van der Waals surface area (Å²) >= 11 is 0. The number of pyridine rings is 2. The van der Waals surface area contributed by atoms with Crippen molar-refractivity contribution in [2.45, 2.75) is 33.0 Å². The molecule has 0 radical (unpaired) electrons. The Bertz CT molecular complexity index is 945. The molecule has 4 rings (SSSR count). The Balaban J connectivity index is 1.57. The third-order valence-electron chi connectivity index (χ3n) is 4.61. The summed E-state index contributed by atoms with van der Waals surface area (Å²) in [4.78, 5) is 11.3. The minimum atomic E-state index is -2.82. The summed E-state index contributed by atoms with van der Waals surface area (Å²) < 4.78 is 29.9. The van der Waals surface area contributed by atoms with Crippen LogP contribution < -0.4 is 4.74 Å². The monoisotopic (exact) mass is 355 g/mol. The summed E-state index contributed by atoms with van der Waals surface area (Å²) in [6.45, 7) is 1.31. The number of para-hydroxylation sites is 1. The minimum absolute atomic E-state index is 0.241. The van der Waals surface area contributed by atoms with Crippen molar-refractivity contribution >= 4 is 11.0 Å². The van der Waals surface area contributed by atoms with Crippen LogP contribution in [0.15, 0.2) is 42.6 Å². The lowest BCUT2D eigenvalue weighted by molar-refractivity contribution is -0.0508. The molecule has 3 aromatic rings. The maximum atomic E-state index is 12.6. The normalized spacial score (nSPS) is 14.6. The fraction of sp³-hybridized carbons (Fsp3) is 0.300. The smallest absolute Gasteiger partial charge is 0.387 e. The van der Waals surface area contributed by atoms with Gasteiger partial charge in [-0.15, -0.1) is 0 Å². The molecule has 0 amide bonds. The zero-order valence-electron chi connectivity index (χ0n) is 14.5. The van der Waals surface area contributed by atoms with Crippen LogP contribution in [0.5, 0.6) is 5.75 Å². The zero-order chi connectivity index (χ0) is 18.1. The molecule has 0 bridgehead atoms. The molecule has 1 aromatic carbocycles. The molecule has 26 heavy (non-hydrogen) atoms. The summed E-state index contributed by atoms with van der Waals surface area (Å²) in [6, 6.07) is 11.2. The van der Waals surface area contributed by atoms with E-state index in [0.717, 1.165) is 47.4 Å². The van der Waals surface area contributed by atoms with E-state index in [1.807, 2.05) is 25.3 Å². The molecule has 6 heteroatoms. The van der Waals surface area contributed by atoms with Gasteiger partial charge in [-0.25, -0.2) is 9.97 Å². The van der Waals surface area contributed by atoms with E-state index < -0.39 is 6.61 Å². The fourth-order valence-corrected chi connectivity index (χ4v) is 3.41. The molecule has 2 aromatic heterocycles. The number of fused-ring (bicyclic) bond motifs is 2. The molecule has 0 fully saturated rings. The fourth-order valence-electron chi connectivity index (χ4n) is 3.41. The van der Waals surface area contributed by atoms with Gasteiger partial charge in [-0.3, -0.25) is 4.90 Å². The molecule has 3 heterocycles. The van der Waals surface area contributed by atoms with E-state index in [1.165, 1.54) is 5.56 Å². The Kier molecular flexibility index (Phi) is 4.51. The molecule has 1 aliphatic heterocycles. The highest BCUT2D eigenvalue weighted by Crippen LogP contribution is 2.26. The van der Waals surface area contributed by atoms with Crippen LogP contribution >= 0.6 is 0 Å². The van der Waals surface area contributed by atoms with Gasteiger partial charge >= 0.3 is 6.61 Å². The number of nitrogens with zero attached hydrogens (tertiary/aromatic N) is 3. The number of rotatable bonds is 4. The topological polar surface area (TPSA) is 38.2 Å². The summed E-state index contributed by atoms with van der Waals surface area (Å²) in [6.07, 6.45) is 2.65. The summed E-state index contributed by atoms with van der Waals surface area (Å²) in [5.41, 5.74) is 4.89. The highest BCUT2D eigenvalue weighted by Gasteiger charge is 2.20. The standard InChI is InChI=1S/C20H19F2N3O/c1-13-8-15-9-16-12-25(7-6-17(16)24-19(15)23-10-13)11-14-4-2-3-5-18(14)26-20(21)22/h2-5,8-10,20H,6-7,11-12H2,1H3. The quantitative estimate of drug-likeness (QED) is 0.706. The number of halogens is 2. The third kappa shape index (κ3) is 3.51. The van der Waals surface area contributed by atoms with Gasteiger partial charge in [0.05, 0.1) is 0 Å². The van der Waals surface area contributed by atoms with Crippen molar-refractivity contribution in [1.82, 2.24) is 14.9 Å². The first kappa shape index (κ1) is 16.8. The predicted octanol–water partition coefficient (Wildman–Crippen LogP) is 4.10. The van der Waals surface area contributed by atoms with Gasteiger partial charge in [0.1, 0.15) is 5.75 Å². The maximum Gasteiger partial charge on any atom is 0.387 e. The molecule has 134 valence electrons. The Morgan fingerprint density at radius 3 is 2.92 bits per heavy atom. The SMILES string of the molecule is Cc1cnc2nc3c(cc2c1)CN(Cc1ccccc1OC(F)F)CC3. The number of alkyl halides is 2. The zero-order valence-corrected chi connectivity index (χ0v) is 14.5. The van der Waals surface area contributed by atoms with Crippen molar-refractivity contribution in [3.63, 3.8) is 0 Å². The first-order valence-corrected chi connectivity index (χ1v) is 8.59. The number of ether oxygens (including phenoxy) is 1. The molecule has 1 aliphatic rings. The number of aromatic nitrogens is 2. The molecule has 0 atom stereocenters. The van der Waals surface area contributed by atoms with E-state index in [2.05, 4.69) is 26.8 Å². The van der Waals surface area contributed by atoms with Crippen LogP contribution in [0.25, 0.3) is 11.0 Å². The van der Waals surface area contributed by atoms with E-state index >= 15 is 0 Å². The van der Waals surface area contributed by atoms with E-state index in [-0.39, 0.29) is 5.75 Å². The first-order chi connectivity index (χ1) is 12.6. The lowest BCUT2D eigenvalue weighted by Crippen LogP contribution is -2.31. The van der Waals surface area contributed by atoms with Crippen molar-refractivity contribution in [3.05, 3.63) is 65.0 Å². The number of benzene rings is 1. The Hall–Kier alpha value is -2.60. The average molecular weight is 355 g/mol. The van der Waals surface area contributed by atoms with Crippen LogP contribution in [0.3, 0.4) is 0 Å². The largest absolute Gasteiger partial charge is 0.434 e. The van der Waals surface area contributed by atoms with Crippen LogP contribution in [-0.4, -0.2) is 28.0 Å². The second kappa shape index (κ2) is 6.96. The molecule has 0 saturated carbocycles. The lowest BCUT2D eigenvalue weighted by atomic mass is 10.0. The maximum absolute atomic E-state index is 12.6. The van der Waals surface area contributed by atoms with Gasteiger partial charge in [0.2, 0.25) is 0 Å². The van der Waals surface area contributed by atoms with Gasteiger partial charge in [0.25, 0.3) is 0 Å². The molecule has 4 nitrogen and oxygen atoms in total. The van der Waals surface area contributed by atoms with Crippen LogP contribution in [0, 0.1) is 6.92 Å². The van der Waals surface area contributed by atoms with Crippen LogP contribution in [0.2, 0.25) is 0 Å². The number of hydrogen-bond acceptors (Lipinski definition) is 4. The summed E-state index contributed by atoms with van der Waals surface area (Å²) in [7, 11) is 0. The van der Waals surface area contributed by atoms with Gasteiger partial charge in [0, 0.05) is 48.9 Å². The third-order valence-corrected chi connectivity index (χ3v) is 4.61. The second-order valence-electron chi connectivity index (χ2n) is 6.60. The number of aryl methyl sites for hydroxylation is 1. The number of hydrogen-bond donors (Lipinski definition) is 0. The van der Waals surface area contributed by atoms with E-state index in [4.69, 9.17) is 4.98 Å². The van der Waals surface area contributed by atoms with Gasteiger partial charge in [-0.05, 0) is 36.2 Å². The summed E-state index contributed by atoms with van der Waals surface area (Å²) in [5, 5.41) is 1.03. The second-order valence-corrected chi connectivity index (χ2v) is 6.60. The highest BCUT2D eigenvalue weighted by atomic mass is 19.3. The van der Waals surface area contributed by atoms with Crippen molar-refractivity contribution in [3.8, 4) is 5.75 Å². The molecule has 0 spiro atoms. The van der Waals surface area contributed by atoms with Crippen molar-refractivity contribution in [2.75, 3.05) is 6.54 Å². The van der Waals surface area contributed by atoms with Crippen molar-refractivity contribution < 1.29 is 13.5 Å². The van der Waals surface area contributed by atoms with E-state index in [1.54, 1.807) is 12.1 Å². The Morgan fingerprint density at radius 2 is 2.08 bits per heavy atom. The van der Waals surface area contributed by atoms with Gasteiger partial charge in [-0.1, -0.05) is 18.2 Å². The first-order valence-electron chi connectivity index (χ1n) is 8.59. The van der Waals surface area contributed by atoms with Gasteiger partial charge in [-0.2, -0.15) is 8.78 Å². The molecule has 0 saturated heterocycles. The predicted molar refractivity (Wildman–Crippen MR) is 95.2 cm³/mol. The molecule has 0 aliphatic carbocycles. The lowest BCUT2D eigenvalue weighted by Gasteiger charge is -2.29. The van der Waals surface area contributed by atoms with E-state index in [0.29, 0.717) is 6.54 Å². The van der Waals surface area contributed by atoms with Crippen LogP contribution in [0.4, 0.5) is 8.78 Å². The van der Waals surface area contributed by atoms with Crippen molar-refractivity contribution in [2.24, 2.45) is 0 Å². The molecule has 0 N–H and O–H groups in total. The van der Waals surface area contributed by atoms with Crippen molar-refractivity contribution in [1.29, 1.82) is 0 Å². The molecule has 0 unspecified atom stereocenters. The van der Waals surface area contributed by atoms with Gasteiger partial charge in [0.15, 0.2) is 5.65 Å². The van der Waals surface area contributed by atoms with E-state index in [9.17, 15) is 8.78 Å². The minimum Gasteiger partial charge on any atom is -0.434 e. The van der Waals surface area contributed by atoms with Crippen LogP contribution in [0.1, 0.15) is 22.4 Å². The molecular weight excluding hydrogens is 336 g/mol. The average Bonchev–Trinajstić information content (AvgIpc) is 2.61. The van der Waals surface area contributed by atoms with Gasteiger partial charge < -0.3 is 4.74 Å². The Labute approximate surface area is 150 Å². The van der Waals surface area contributed by atoms with Crippen LogP contribution in [-0.2, 0) is 19.5 Å². The highest BCUT2D eigenvalue weighted by molar-refractivity contribution is 5.76. The summed E-state index contributed by atoms with van der Waals surface area (Å²) in [5.74, 6) is 0.241. The molecular formula is C20H19F2N3O.